The number of fused-ring (bicyclic) bond motifs is 1. The van der Waals surface area contributed by atoms with E-state index >= 15 is 0 Å². The predicted octanol–water partition coefficient (Wildman–Crippen LogP) is 2.60. The van der Waals surface area contributed by atoms with E-state index in [1.165, 1.54) is 6.07 Å². The van der Waals surface area contributed by atoms with Gasteiger partial charge in [-0.15, -0.1) is 0 Å². The Labute approximate surface area is 81.0 Å². The molecule has 0 aliphatic carbocycles. The van der Waals surface area contributed by atoms with E-state index in [1.807, 2.05) is 6.92 Å². The summed E-state index contributed by atoms with van der Waals surface area (Å²) in [7, 11) is 0. The fourth-order valence-electron chi connectivity index (χ4n) is 1.58. The molecule has 1 aliphatic rings. The standard InChI is InChI=1S/C10H9NO3/c1-7-5-6-14-9-4-2-3-8(10(7)9)11(12)13/h2-7H,1H3. The Morgan fingerprint density at radius 2 is 2.29 bits per heavy atom. The van der Waals surface area contributed by atoms with Crippen molar-refractivity contribution in [1.29, 1.82) is 0 Å². The van der Waals surface area contributed by atoms with Crippen LogP contribution < -0.4 is 4.74 Å². The Bertz CT molecular complexity index is 412. The van der Waals surface area contributed by atoms with Crippen LogP contribution in [0.5, 0.6) is 5.75 Å². The first-order valence-electron chi connectivity index (χ1n) is 4.31. The number of hydrogen-bond donors (Lipinski definition) is 0. The lowest BCUT2D eigenvalue weighted by Gasteiger charge is -2.16. The van der Waals surface area contributed by atoms with E-state index in [9.17, 15) is 10.1 Å². The van der Waals surface area contributed by atoms with E-state index in [4.69, 9.17) is 4.74 Å². The van der Waals surface area contributed by atoms with Crippen molar-refractivity contribution in [3.8, 4) is 5.75 Å². The molecule has 4 nitrogen and oxygen atoms in total. The van der Waals surface area contributed by atoms with E-state index in [1.54, 1.807) is 24.5 Å². The number of nitro benzene ring substituents is 1. The number of ether oxygens (including phenoxy) is 1. The first-order valence-corrected chi connectivity index (χ1v) is 4.31. The summed E-state index contributed by atoms with van der Waals surface area (Å²) < 4.78 is 5.20. The maximum absolute atomic E-state index is 10.7. The third-order valence-electron chi connectivity index (χ3n) is 2.26. The zero-order valence-electron chi connectivity index (χ0n) is 7.64. The molecule has 14 heavy (non-hydrogen) atoms. The van der Waals surface area contributed by atoms with E-state index < -0.39 is 0 Å². The monoisotopic (exact) mass is 191 g/mol. The Kier molecular flexibility index (Phi) is 1.96. The van der Waals surface area contributed by atoms with Crippen LogP contribution in [0.1, 0.15) is 18.4 Å². The van der Waals surface area contributed by atoms with Gasteiger partial charge in [0.05, 0.1) is 16.7 Å². The van der Waals surface area contributed by atoms with Gasteiger partial charge in [0.15, 0.2) is 0 Å². The highest BCUT2D eigenvalue weighted by Gasteiger charge is 2.24. The third kappa shape index (κ3) is 1.25. The molecule has 0 radical (unpaired) electrons. The first-order chi connectivity index (χ1) is 6.70. The molecule has 0 saturated heterocycles. The molecule has 0 aromatic heterocycles. The first kappa shape index (κ1) is 8.74. The topological polar surface area (TPSA) is 52.4 Å². The predicted molar refractivity (Wildman–Crippen MR) is 51.3 cm³/mol. The van der Waals surface area contributed by atoms with E-state index in [0.717, 1.165) is 0 Å². The van der Waals surface area contributed by atoms with Crippen LogP contribution in [0.25, 0.3) is 0 Å². The summed E-state index contributed by atoms with van der Waals surface area (Å²) in [6.07, 6.45) is 3.37. The van der Waals surface area contributed by atoms with Crippen LogP contribution in [0, 0.1) is 10.1 Å². The minimum atomic E-state index is -0.377. The van der Waals surface area contributed by atoms with Gasteiger partial charge < -0.3 is 4.74 Å². The second kappa shape index (κ2) is 3.14. The maximum Gasteiger partial charge on any atom is 0.276 e. The second-order valence-corrected chi connectivity index (χ2v) is 3.18. The fourth-order valence-corrected chi connectivity index (χ4v) is 1.58. The summed E-state index contributed by atoms with van der Waals surface area (Å²) in [6, 6.07) is 4.86. The van der Waals surface area contributed by atoms with Crippen LogP contribution >= 0.6 is 0 Å². The smallest absolute Gasteiger partial charge is 0.276 e. The van der Waals surface area contributed by atoms with Crippen molar-refractivity contribution in [2.45, 2.75) is 12.8 Å². The van der Waals surface area contributed by atoms with Crippen LogP contribution in [-0.4, -0.2) is 4.92 Å². The van der Waals surface area contributed by atoms with Crippen LogP contribution in [-0.2, 0) is 0 Å². The van der Waals surface area contributed by atoms with Gasteiger partial charge in [-0.1, -0.05) is 13.0 Å². The van der Waals surface area contributed by atoms with Gasteiger partial charge in [0.1, 0.15) is 5.75 Å². The number of rotatable bonds is 1. The highest BCUT2D eigenvalue weighted by Crippen LogP contribution is 2.37. The highest BCUT2D eigenvalue weighted by molar-refractivity contribution is 5.54. The molecule has 1 atom stereocenters. The molecule has 0 amide bonds. The summed E-state index contributed by atoms with van der Waals surface area (Å²) in [6.45, 7) is 1.91. The lowest BCUT2D eigenvalue weighted by Crippen LogP contribution is -2.04. The highest BCUT2D eigenvalue weighted by atomic mass is 16.6. The number of benzene rings is 1. The number of nitrogens with zero attached hydrogens (tertiary/aromatic N) is 1. The Hall–Kier alpha value is -1.84. The number of hydrogen-bond acceptors (Lipinski definition) is 3. The van der Waals surface area contributed by atoms with Gasteiger partial charge >= 0.3 is 0 Å². The molecule has 0 N–H and O–H groups in total. The molecule has 2 rings (SSSR count). The molecule has 0 bridgehead atoms. The Morgan fingerprint density at radius 1 is 1.50 bits per heavy atom. The Balaban J connectivity index is 2.61. The maximum atomic E-state index is 10.7. The molecule has 72 valence electrons. The van der Waals surface area contributed by atoms with Gasteiger partial charge in [-0.2, -0.15) is 0 Å². The van der Waals surface area contributed by atoms with Crippen molar-refractivity contribution in [2.24, 2.45) is 0 Å². The minimum Gasteiger partial charge on any atom is -0.465 e. The Morgan fingerprint density at radius 3 is 3.00 bits per heavy atom. The lowest BCUT2D eigenvalue weighted by molar-refractivity contribution is -0.385. The van der Waals surface area contributed by atoms with Gasteiger partial charge in [0.25, 0.3) is 5.69 Å². The molecule has 1 unspecified atom stereocenters. The number of allylic oxidation sites excluding steroid dienone is 1. The normalized spacial score (nSPS) is 18.5. The van der Waals surface area contributed by atoms with Crippen LogP contribution in [0.3, 0.4) is 0 Å². The van der Waals surface area contributed by atoms with Gasteiger partial charge in [-0.3, -0.25) is 10.1 Å². The molecule has 0 spiro atoms. The zero-order chi connectivity index (χ0) is 10.1. The van der Waals surface area contributed by atoms with Gasteiger partial charge in [-0.25, -0.2) is 0 Å². The van der Waals surface area contributed by atoms with Gasteiger partial charge in [-0.05, 0) is 12.1 Å². The average molecular weight is 191 g/mol. The van der Waals surface area contributed by atoms with Crippen molar-refractivity contribution < 1.29 is 9.66 Å². The summed E-state index contributed by atoms with van der Waals surface area (Å²) in [5.41, 5.74) is 0.777. The molecule has 1 aliphatic heterocycles. The third-order valence-corrected chi connectivity index (χ3v) is 2.26. The molecular weight excluding hydrogens is 182 g/mol. The molecular formula is C10H9NO3. The summed E-state index contributed by atoms with van der Waals surface area (Å²) in [5, 5.41) is 10.7. The van der Waals surface area contributed by atoms with Crippen molar-refractivity contribution in [3.05, 3.63) is 46.2 Å². The van der Waals surface area contributed by atoms with Crippen LogP contribution in [0.4, 0.5) is 5.69 Å². The van der Waals surface area contributed by atoms with Crippen molar-refractivity contribution in [3.63, 3.8) is 0 Å². The summed E-state index contributed by atoms with van der Waals surface area (Å²) >= 11 is 0. The fraction of sp³-hybridized carbons (Fsp3) is 0.200. The van der Waals surface area contributed by atoms with E-state index in [-0.39, 0.29) is 16.5 Å². The average Bonchev–Trinajstić information content (AvgIpc) is 2.17. The molecule has 4 heteroatoms. The molecule has 1 aromatic rings. The van der Waals surface area contributed by atoms with Crippen LogP contribution in [0.2, 0.25) is 0 Å². The molecule has 1 heterocycles. The van der Waals surface area contributed by atoms with E-state index in [0.29, 0.717) is 11.3 Å². The van der Waals surface area contributed by atoms with E-state index in [2.05, 4.69) is 0 Å². The largest absolute Gasteiger partial charge is 0.465 e. The van der Waals surface area contributed by atoms with Crippen molar-refractivity contribution in [1.82, 2.24) is 0 Å². The quantitative estimate of drug-likeness (QED) is 0.506. The molecule has 0 fully saturated rings. The molecule has 1 aromatic carbocycles. The van der Waals surface area contributed by atoms with Crippen LogP contribution in [0.15, 0.2) is 30.5 Å². The van der Waals surface area contributed by atoms with Crippen molar-refractivity contribution >= 4 is 5.69 Å². The SMILES string of the molecule is CC1C=COc2cccc([N+](=O)[O-])c21. The summed E-state index contributed by atoms with van der Waals surface area (Å²) in [5.74, 6) is 0.606. The second-order valence-electron chi connectivity index (χ2n) is 3.18. The zero-order valence-corrected chi connectivity index (χ0v) is 7.64. The van der Waals surface area contributed by atoms with Crippen molar-refractivity contribution in [2.75, 3.05) is 0 Å². The molecule has 0 saturated carbocycles. The van der Waals surface area contributed by atoms with Gasteiger partial charge in [0, 0.05) is 12.0 Å². The minimum absolute atomic E-state index is 0.0281. The lowest BCUT2D eigenvalue weighted by atomic mass is 9.97. The van der Waals surface area contributed by atoms with Gasteiger partial charge in [0.2, 0.25) is 0 Å². The summed E-state index contributed by atoms with van der Waals surface area (Å²) in [4.78, 5) is 10.4. The number of nitro groups is 1.